The molecule has 172 valence electrons. The SMILES string of the molecule is COc1ccc(C(=O)O[C@@H](C)C(=O)c2ccc(F)cc2)cc1S(=O)(=O)N1CCCC[C@H]1C. The van der Waals surface area contributed by atoms with E-state index in [-0.39, 0.29) is 27.8 Å². The molecule has 1 aliphatic heterocycles. The summed E-state index contributed by atoms with van der Waals surface area (Å²) in [5.41, 5.74) is 0.177. The van der Waals surface area contributed by atoms with Crippen LogP contribution in [0.15, 0.2) is 47.4 Å². The van der Waals surface area contributed by atoms with Crippen molar-refractivity contribution in [3.63, 3.8) is 0 Å². The maximum absolute atomic E-state index is 13.3. The summed E-state index contributed by atoms with van der Waals surface area (Å²) < 4.78 is 51.6. The molecule has 1 saturated heterocycles. The number of methoxy groups -OCH3 is 1. The number of rotatable bonds is 7. The lowest BCUT2D eigenvalue weighted by atomic mass is 10.1. The van der Waals surface area contributed by atoms with E-state index in [0.717, 1.165) is 31.4 Å². The lowest BCUT2D eigenvalue weighted by Gasteiger charge is -2.32. The number of ketones is 1. The Morgan fingerprint density at radius 3 is 2.38 bits per heavy atom. The van der Waals surface area contributed by atoms with Crippen molar-refractivity contribution in [3.8, 4) is 5.75 Å². The third-order valence-corrected chi connectivity index (χ3v) is 7.54. The molecule has 2 aromatic carbocycles. The number of piperidine rings is 1. The molecule has 0 spiro atoms. The summed E-state index contributed by atoms with van der Waals surface area (Å²) in [6, 6.07) is 8.72. The molecule has 7 nitrogen and oxygen atoms in total. The van der Waals surface area contributed by atoms with Crippen LogP contribution in [0.25, 0.3) is 0 Å². The van der Waals surface area contributed by atoms with Gasteiger partial charge in [0.2, 0.25) is 15.8 Å². The molecule has 32 heavy (non-hydrogen) atoms. The number of carbonyl (C=O) groups excluding carboxylic acids is 2. The summed E-state index contributed by atoms with van der Waals surface area (Å²) >= 11 is 0. The van der Waals surface area contributed by atoms with Gasteiger partial charge in [0.25, 0.3) is 0 Å². The second kappa shape index (κ2) is 9.79. The standard InChI is InChI=1S/C23H26FNO6S/c1-15-6-4-5-13-25(15)32(28,29)21-14-18(9-12-20(21)30-3)23(27)31-16(2)22(26)17-7-10-19(24)11-8-17/h7-12,14-16H,4-6,13H2,1-3H3/t15-,16+/m1/s1. The molecule has 0 aliphatic carbocycles. The van der Waals surface area contributed by atoms with Crippen LogP contribution < -0.4 is 4.74 Å². The van der Waals surface area contributed by atoms with Crippen LogP contribution in [0.3, 0.4) is 0 Å². The van der Waals surface area contributed by atoms with Gasteiger partial charge >= 0.3 is 5.97 Å². The van der Waals surface area contributed by atoms with Gasteiger partial charge in [0.1, 0.15) is 16.5 Å². The molecule has 3 rings (SSSR count). The number of benzene rings is 2. The van der Waals surface area contributed by atoms with Crippen LogP contribution in [-0.4, -0.2) is 50.3 Å². The van der Waals surface area contributed by atoms with Crippen LogP contribution in [0.4, 0.5) is 4.39 Å². The fourth-order valence-corrected chi connectivity index (χ4v) is 5.57. The summed E-state index contributed by atoms with van der Waals surface area (Å²) in [6.07, 6.45) is 1.33. The molecule has 0 N–H and O–H groups in total. The molecule has 2 aromatic rings. The maximum Gasteiger partial charge on any atom is 0.338 e. The van der Waals surface area contributed by atoms with Crippen LogP contribution in [0.5, 0.6) is 5.75 Å². The monoisotopic (exact) mass is 463 g/mol. The van der Waals surface area contributed by atoms with Gasteiger partial charge in [-0.25, -0.2) is 17.6 Å². The van der Waals surface area contributed by atoms with Crippen molar-refractivity contribution in [2.75, 3.05) is 13.7 Å². The highest BCUT2D eigenvalue weighted by atomic mass is 32.2. The average Bonchev–Trinajstić information content (AvgIpc) is 2.78. The van der Waals surface area contributed by atoms with Crippen molar-refractivity contribution in [2.24, 2.45) is 0 Å². The quantitative estimate of drug-likeness (QED) is 0.458. The number of esters is 1. The normalized spacial score (nSPS) is 18.1. The molecule has 0 amide bonds. The first kappa shape index (κ1) is 23.9. The summed E-state index contributed by atoms with van der Waals surface area (Å²) in [6.45, 7) is 3.65. The highest BCUT2D eigenvalue weighted by Crippen LogP contribution is 2.32. The van der Waals surface area contributed by atoms with E-state index in [9.17, 15) is 22.4 Å². The Morgan fingerprint density at radius 1 is 1.09 bits per heavy atom. The van der Waals surface area contributed by atoms with E-state index in [0.29, 0.717) is 6.54 Å². The van der Waals surface area contributed by atoms with Gasteiger partial charge in [-0.05, 0) is 69.2 Å². The Balaban J connectivity index is 1.84. The zero-order valence-electron chi connectivity index (χ0n) is 18.2. The first-order valence-corrected chi connectivity index (χ1v) is 11.8. The van der Waals surface area contributed by atoms with Crippen LogP contribution in [0, 0.1) is 5.82 Å². The Bertz CT molecular complexity index is 1100. The highest BCUT2D eigenvalue weighted by Gasteiger charge is 2.34. The van der Waals surface area contributed by atoms with Gasteiger partial charge in [0, 0.05) is 18.2 Å². The van der Waals surface area contributed by atoms with Crippen molar-refractivity contribution in [1.82, 2.24) is 4.31 Å². The summed E-state index contributed by atoms with van der Waals surface area (Å²) in [4.78, 5) is 25.0. The van der Waals surface area contributed by atoms with E-state index < -0.39 is 33.7 Å². The van der Waals surface area contributed by atoms with E-state index >= 15 is 0 Å². The number of nitrogens with zero attached hydrogens (tertiary/aromatic N) is 1. The molecule has 1 heterocycles. The predicted octanol–water partition coefficient (Wildman–Crippen LogP) is 3.83. The van der Waals surface area contributed by atoms with Gasteiger partial charge in [-0.3, -0.25) is 4.79 Å². The molecule has 1 aliphatic rings. The van der Waals surface area contributed by atoms with Crippen LogP contribution in [-0.2, 0) is 14.8 Å². The van der Waals surface area contributed by atoms with E-state index in [1.807, 2.05) is 6.92 Å². The van der Waals surface area contributed by atoms with Gasteiger partial charge in [-0.15, -0.1) is 0 Å². The molecule has 0 radical (unpaired) electrons. The van der Waals surface area contributed by atoms with Gasteiger partial charge < -0.3 is 9.47 Å². The molecular formula is C23H26FNO6S. The first-order chi connectivity index (χ1) is 15.1. The maximum atomic E-state index is 13.3. The van der Waals surface area contributed by atoms with E-state index in [4.69, 9.17) is 9.47 Å². The largest absolute Gasteiger partial charge is 0.495 e. The minimum Gasteiger partial charge on any atom is -0.495 e. The Kier molecular flexibility index (Phi) is 7.30. The van der Waals surface area contributed by atoms with Gasteiger partial charge in [-0.1, -0.05) is 6.42 Å². The number of hydrogen-bond acceptors (Lipinski definition) is 6. The second-order valence-electron chi connectivity index (χ2n) is 7.74. The lowest BCUT2D eigenvalue weighted by Crippen LogP contribution is -2.42. The third kappa shape index (κ3) is 4.99. The molecular weight excluding hydrogens is 437 g/mol. The van der Waals surface area contributed by atoms with Gasteiger partial charge in [-0.2, -0.15) is 4.31 Å². The smallest absolute Gasteiger partial charge is 0.338 e. The van der Waals surface area contributed by atoms with Crippen molar-refractivity contribution < 1.29 is 31.9 Å². The molecule has 9 heteroatoms. The minimum absolute atomic E-state index is 0.0206. The summed E-state index contributed by atoms with van der Waals surface area (Å²) in [5, 5.41) is 0. The number of hydrogen-bond donors (Lipinski definition) is 0. The Labute approximate surface area is 187 Å². The highest BCUT2D eigenvalue weighted by molar-refractivity contribution is 7.89. The third-order valence-electron chi connectivity index (χ3n) is 5.51. The van der Waals surface area contributed by atoms with E-state index in [1.165, 1.54) is 48.7 Å². The van der Waals surface area contributed by atoms with Gasteiger partial charge in [0.05, 0.1) is 12.7 Å². The van der Waals surface area contributed by atoms with Crippen molar-refractivity contribution in [2.45, 2.75) is 50.2 Å². The predicted molar refractivity (Wildman–Crippen MR) is 116 cm³/mol. The van der Waals surface area contributed by atoms with Crippen LogP contribution >= 0.6 is 0 Å². The fourth-order valence-electron chi connectivity index (χ4n) is 3.69. The number of halogens is 1. The van der Waals surface area contributed by atoms with Crippen molar-refractivity contribution >= 4 is 21.8 Å². The van der Waals surface area contributed by atoms with Crippen molar-refractivity contribution in [1.29, 1.82) is 0 Å². The molecule has 0 saturated carbocycles. The zero-order valence-corrected chi connectivity index (χ0v) is 19.0. The van der Waals surface area contributed by atoms with Crippen LogP contribution in [0.1, 0.15) is 53.8 Å². The van der Waals surface area contributed by atoms with Crippen molar-refractivity contribution in [3.05, 3.63) is 59.4 Å². The zero-order chi connectivity index (χ0) is 23.5. The molecule has 0 bridgehead atoms. The summed E-state index contributed by atoms with van der Waals surface area (Å²) in [7, 11) is -2.55. The summed E-state index contributed by atoms with van der Waals surface area (Å²) in [5.74, 6) is -1.71. The topological polar surface area (TPSA) is 90.0 Å². The Hall–Kier alpha value is -2.78. The molecule has 0 aromatic heterocycles. The Morgan fingerprint density at radius 2 is 1.75 bits per heavy atom. The van der Waals surface area contributed by atoms with E-state index in [1.54, 1.807) is 0 Å². The minimum atomic E-state index is -3.90. The molecule has 1 fully saturated rings. The van der Waals surface area contributed by atoms with Crippen LogP contribution in [0.2, 0.25) is 0 Å². The van der Waals surface area contributed by atoms with E-state index in [2.05, 4.69) is 0 Å². The van der Waals surface area contributed by atoms with Gasteiger partial charge in [0.15, 0.2) is 6.10 Å². The number of carbonyl (C=O) groups is 2. The fraction of sp³-hybridized carbons (Fsp3) is 0.391. The average molecular weight is 464 g/mol. The first-order valence-electron chi connectivity index (χ1n) is 10.4. The number of sulfonamides is 1. The number of ether oxygens (including phenoxy) is 2. The molecule has 0 unspecified atom stereocenters. The second-order valence-corrected chi connectivity index (χ2v) is 9.60. The number of Topliss-reactive ketones (excluding diaryl/α,β-unsaturated/α-hetero) is 1. The lowest BCUT2D eigenvalue weighted by molar-refractivity contribution is 0.0318. The molecule has 2 atom stereocenters.